The Hall–Kier alpha value is -0.820. The van der Waals surface area contributed by atoms with E-state index in [-0.39, 0.29) is 30.1 Å². The van der Waals surface area contributed by atoms with Crippen LogP contribution < -0.4 is 5.32 Å². The number of ether oxygens (including phenoxy) is 1. The minimum atomic E-state index is 0. The number of aliphatic imine (C=N–C) groups is 1. The molecule has 3 rings (SSSR count). The van der Waals surface area contributed by atoms with Crippen molar-refractivity contribution in [3.63, 3.8) is 0 Å². The van der Waals surface area contributed by atoms with Gasteiger partial charge in [-0.3, -0.25) is 4.99 Å². The molecule has 0 spiro atoms. The van der Waals surface area contributed by atoms with Crippen LogP contribution in [-0.4, -0.2) is 43.6 Å². The molecule has 0 aromatic heterocycles. The average molecular weight is 429 g/mol. The smallest absolute Gasteiger partial charge is 0.193 e. The van der Waals surface area contributed by atoms with E-state index < -0.39 is 0 Å². The van der Waals surface area contributed by atoms with Gasteiger partial charge < -0.3 is 15.0 Å². The van der Waals surface area contributed by atoms with Gasteiger partial charge in [-0.05, 0) is 31.7 Å². The molecule has 0 amide bonds. The topological polar surface area (TPSA) is 36.9 Å². The summed E-state index contributed by atoms with van der Waals surface area (Å²) in [5.74, 6) is 1.57. The molecule has 0 bridgehead atoms. The Balaban J connectivity index is 0.00000192. The Bertz CT molecular complexity index is 488. The Morgan fingerprint density at radius 2 is 2.00 bits per heavy atom. The van der Waals surface area contributed by atoms with Crippen LogP contribution in [0.5, 0.6) is 0 Å². The van der Waals surface area contributed by atoms with Gasteiger partial charge in [0, 0.05) is 38.7 Å². The molecule has 1 aromatic rings. The maximum Gasteiger partial charge on any atom is 0.193 e. The maximum absolute atomic E-state index is 5.97. The van der Waals surface area contributed by atoms with Crippen LogP contribution in [-0.2, 0) is 4.74 Å². The molecule has 5 heteroatoms. The van der Waals surface area contributed by atoms with Crippen LogP contribution in [0.25, 0.3) is 0 Å². The highest BCUT2D eigenvalue weighted by atomic mass is 127. The Morgan fingerprint density at radius 1 is 1.26 bits per heavy atom. The van der Waals surface area contributed by atoms with Gasteiger partial charge in [-0.2, -0.15) is 0 Å². The van der Waals surface area contributed by atoms with Gasteiger partial charge in [-0.1, -0.05) is 30.3 Å². The predicted molar refractivity (Wildman–Crippen MR) is 105 cm³/mol. The van der Waals surface area contributed by atoms with E-state index in [0.717, 1.165) is 45.2 Å². The second-order valence-electron chi connectivity index (χ2n) is 6.14. The highest BCUT2D eigenvalue weighted by Gasteiger charge is 2.29. The first-order valence-electron chi connectivity index (χ1n) is 8.58. The molecule has 0 radical (unpaired) electrons. The molecule has 2 aliphatic rings. The molecule has 2 unspecified atom stereocenters. The van der Waals surface area contributed by atoms with Gasteiger partial charge >= 0.3 is 0 Å². The summed E-state index contributed by atoms with van der Waals surface area (Å²) in [5.41, 5.74) is 1.28. The minimum Gasteiger partial charge on any atom is -0.373 e. The maximum atomic E-state index is 5.97. The largest absolute Gasteiger partial charge is 0.373 e. The third-order valence-corrected chi connectivity index (χ3v) is 4.56. The van der Waals surface area contributed by atoms with Crippen LogP contribution in [0, 0.1) is 5.92 Å². The lowest BCUT2D eigenvalue weighted by Gasteiger charge is -2.22. The number of nitrogens with one attached hydrogen (secondary N) is 1. The lowest BCUT2D eigenvalue weighted by molar-refractivity contribution is 0.0925. The number of hydrogen-bond acceptors (Lipinski definition) is 2. The van der Waals surface area contributed by atoms with Crippen LogP contribution >= 0.6 is 24.0 Å². The number of likely N-dealkylation sites (tertiary alicyclic amines) is 1. The lowest BCUT2D eigenvalue weighted by atomic mass is 9.95. The van der Waals surface area contributed by atoms with Crippen molar-refractivity contribution in [1.82, 2.24) is 10.2 Å². The van der Waals surface area contributed by atoms with Crippen LogP contribution in [0.3, 0.4) is 0 Å². The average Bonchev–Trinajstić information content (AvgIpc) is 3.24. The van der Waals surface area contributed by atoms with Crippen molar-refractivity contribution in [3.8, 4) is 0 Å². The second kappa shape index (κ2) is 9.47. The van der Waals surface area contributed by atoms with Crippen LogP contribution in [0.15, 0.2) is 35.3 Å². The van der Waals surface area contributed by atoms with Gasteiger partial charge in [0.2, 0.25) is 0 Å². The summed E-state index contributed by atoms with van der Waals surface area (Å²) in [5, 5.41) is 3.44. The summed E-state index contributed by atoms with van der Waals surface area (Å²) in [6.45, 7) is 7.03. The van der Waals surface area contributed by atoms with Crippen molar-refractivity contribution >= 4 is 29.9 Å². The van der Waals surface area contributed by atoms with Crippen molar-refractivity contribution in [2.45, 2.75) is 32.3 Å². The van der Waals surface area contributed by atoms with E-state index in [1.165, 1.54) is 18.4 Å². The third kappa shape index (κ3) is 4.83. The fourth-order valence-corrected chi connectivity index (χ4v) is 3.39. The van der Waals surface area contributed by atoms with Crippen molar-refractivity contribution in [2.24, 2.45) is 10.9 Å². The molecule has 2 atom stereocenters. The first-order valence-corrected chi connectivity index (χ1v) is 8.58. The Kier molecular flexibility index (Phi) is 7.62. The normalized spacial score (nSPS) is 24.6. The van der Waals surface area contributed by atoms with E-state index in [1.807, 2.05) is 0 Å². The molecule has 23 heavy (non-hydrogen) atoms. The molecule has 0 aliphatic carbocycles. The van der Waals surface area contributed by atoms with Crippen molar-refractivity contribution in [1.29, 1.82) is 0 Å². The zero-order chi connectivity index (χ0) is 15.2. The third-order valence-electron chi connectivity index (χ3n) is 4.56. The SMILES string of the molecule is CCNC(=NCC1CCOC1c1ccccc1)N1CCCC1.I. The van der Waals surface area contributed by atoms with E-state index in [4.69, 9.17) is 9.73 Å². The van der Waals surface area contributed by atoms with E-state index >= 15 is 0 Å². The molecule has 2 aliphatic heterocycles. The van der Waals surface area contributed by atoms with Crippen LogP contribution in [0.4, 0.5) is 0 Å². The second-order valence-corrected chi connectivity index (χ2v) is 6.14. The predicted octanol–water partition coefficient (Wildman–Crippen LogP) is 3.44. The van der Waals surface area contributed by atoms with E-state index in [9.17, 15) is 0 Å². The van der Waals surface area contributed by atoms with Gasteiger partial charge in [0.1, 0.15) is 0 Å². The molecule has 1 N–H and O–H groups in total. The molecule has 128 valence electrons. The lowest BCUT2D eigenvalue weighted by Crippen LogP contribution is -2.40. The number of halogens is 1. The molecule has 2 heterocycles. The van der Waals surface area contributed by atoms with Crippen LogP contribution in [0.2, 0.25) is 0 Å². The van der Waals surface area contributed by atoms with E-state index in [1.54, 1.807) is 0 Å². The van der Waals surface area contributed by atoms with Crippen molar-refractivity contribution in [3.05, 3.63) is 35.9 Å². The first-order chi connectivity index (χ1) is 10.9. The summed E-state index contributed by atoms with van der Waals surface area (Å²) in [6.07, 6.45) is 3.86. The van der Waals surface area contributed by atoms with Crippen molar-refractivity contribution in [2.75, 3.05) is 32.8 Å². The Labute approximate surface area is 156 Å². The molecule has 1 aromatic carbocycles. The fraction of sp³-hybridized carbons (Fsp3) is 0.611. The number of nitrogens with zero attached hydrogens (tertiary/aromatic N) is 2. The van der Waals surface area contributed by atoms with Gasteiger partial charge in [-0.15, -0.1) is 24.0 Å². The van der Waals surface area contributed by atoms with Crippen LogP contribution in [0.1, 0.15) is 37.9 Å². The monoisotopic (exact) mass is 429 g/mol. The quantitative estimate of drug-likeness (QED) is 0.453. The summed E-state index contributed by atoms with van der Waals surface area (Å²) in [7, 11) is 0. The molecule has 2 saturated heterocycles. The van der Waals surface area contributed by atoms with E-state index in [2.05, 4.69) is 47.5 Å². The highest BCUT2D eigenvalue weighted by molar-refractivity contribution is 14.0. The van der Waals surface area contributed by atoms with Crippen molar-refractivity contribution < 1.29 is 4.74 Å². The number of benzene rings is 1. The minimum absolute atomic E-state index is 0. The summed E-state index contributed by atoms with van der Waals surface area (Å²) < 4.78 is 5.97. The summed E-state index contributed by atoms with van der Waals surface area (Å²) >= 11 is 0. The van der Waals surface area contributed by atoms with Gasteiger partial charge in [0.05, 0.1) is 6.10 Å². The molecular weight excluding hydrogens is 401 g/mol. The molecule has 2 fully saturated rings. The first kappa shape index (κ1) is 18.5. The Morgan fingerprint density at radius 3 is 2.70 bits per heavy atom. The van der Waals surface area contributed by atoms with Gasteiger partial charge in [0.25, 0.3) is 0 Å². The molecule has 4 nitrogen and oxygen atoms in total. The van der Waals surface area contributed by atoms with Gasteiger partial charge in [0.15, 0.2) is 5.96 Å². The standard InChI is InChI=1S/C18H27N3O.HI/c1-2-19-18(21-11-6-7-12-21)20-14-16-10-13-22-17(16)15-8-4-3-5-9-15;/h3-5,8-9,16-17H,2,6-7,10-14H2,1H3,(H,19,20);1H. The number of guanidine groups is 1. The van der Waals surface area contributed by atoms with Gasteiger partial charge in [-0.25, -0.2) is 0 Å². The zero-order valence-electron chi connectivity index (χ0n) is 13.9. The highest BCUT2D eigenvalue weighted by Crippen LogP contribution is 2.34. The van der Waals surface area contributed by atoms with E-state index in [0.29, 0.717) is 5.92 Å². The zero-order valence-corrected chi connectivity index (χ0v) is 16.2. The molecule has 0 saturated carbocycles. The summed E-state index contributed by atoms with van der Waals surface area (Å²) in [4.78, 5) is 7.29. The summed E-state index contributed by atoms with van der Waals surface area (Å²) in [6, 6.07) is 10.6. The molecular formula is C18H28IN3O. The fourth-order valence-electron chi connectivity index (χ4n) is 3.39. The number of rotatable bonds is 4. The number of hydrogen-bond donors (Lipinski definition) is 1.